The van der Waals surface area contributed by atoms with Crippen LogP contribution in [-0.2, 0) is 0 Å². The van der Waals surface area contributed by atoms with Crippen molar-refractivity contribution < 1.29 is 8.78 Å². The van der Waals surface area contributed by atoms with Crippen molar-refractivity contribution in [2.75, 3.05) is 0 Å². The smallest absolute Gasteiger partial charge is 0.171 e. The predicted molar refractivity (Wildman–Crippen MR) is 74.3 cm³/mol. The predicted octanol–water partition coefficient (Wildman–Crippen LogP) is 5.49. The summed E-state index contributed by atoms with van der Waals surface area (Å²) >= 11 is 6.51. The van der Waals surface area contributed by atoms with E-state index in [1.54, 1.807) is 0 Å². The van der Waals surface area contributed by atoms with E-state index in [-0.39, 0.29) is 16.2 Å². The van der Waals surface area contributed by atoms with Crippen LogP contribution in [0.3, 0.4) is 0 Å². The van der Waals surface area contributed by atoms with Crippen molar-refractivity contribution in [3.8, 4) is 0 Å². The van der Waals surface area contributed by atoms with Gasteiger partial charge >= 0.3 is 0 Å². The number of alkyl halides is 4. The maximum absolute atomic E-state index is 14.2. The van der Waals surface area contributed by atoms with Crippen molar-refractivity contribution in [2.45, 2.75) is 61.0 Å². The van der Waals surface area contributed by atoms with E-state index in [0.717, 1.165) is 25.7 Å². The Morgan fingerprint density at radius 2 is 1.22 bits per heavy atom. The largest absolute Gasteiger partial charge is 0.231 e. The summed E-state index contributed by atoms with van der Waals surface area (Å²) in [5.74, 6) is 0.517. The third-order valence-electron chi connectivity index (χ3n) is 6.09. The highest BCUT2D eigenvalue weighted by Crippen LogP contribution is 2.80. The number of fused-ring (bicyclic) bond motifs is 2. The van der Waals surface area contributed by atoms with Crippen molar-refractivity contribution in [3.05, 3.63) is 0 Å². The third kappa shape index (κ3) is 1.45. The normalized spacial score (nSPS) is 69.5. The molecule has 0 heterocycles. The van der Waals surface area contributed by atoms with E-state index in [1.165, 1.54) is 6.42 Å². The summed E-state index contributed by atoms with van der Waals surface area (Å²) in [6.07, 6.45) is 6.27. The molecule has 4 rings (SSSR count). The van der Waals surface area contributed by atoms with Crippen molar-refractivity contribution in [3.63, 3.8) is 0 Å². The highest BCUT2D eigenvalue weighted by molar-refractivity contribution is 9.10. The number of rotatable bonds is 0. The molecule has 102 valence electrons. The molecular formula is C14H18Br2F2. The third-order valence-corrected chi connectivity index (χ3v) is 8.34. The molecule has 2 spiro atoms. The molecule has 4 saturated carbocycles. The van der Waals surface area contributed by atoms with E-state index in [9.17, 15) is 8.78 Å². The summed E-state index contributed by atoms with van der Waals surface area (Å²) in [5.41, 5.74) is -0.122. The van der Waals surface area contributed by atoms with Gasteiger partial charge in [0.15, 0.2) is 9.16 Å². The van der Waals surface area contributed by atoms with Gasteiger partial charge in [0.25, 0.3) is 0 Å². The molecule has 0 aromatic rings. The molecule has 0 aliphatic heterocycles. The van der Waals surface area contributed by atoms with Crippen LogP contribution in [-0.4, -0.2) is 9.16 Å². The van der Waals surface area contributed by atoms with Gasteiger partial charge < -0.3 is 0 Å². The molecule has 0 aromatic carbocycles. The fourth-order valence-corrected chi connectivity index (χ4v) is 7.27. The van der Waals surface area contributed by atoms with Crippen LogP contribution in [0.25, 0.3) is 0 Å². The summed E-state index contributed by atoms with van der Waals surface area (Å²) in [4.78, 5) is 0. The van der Waals surface area contributed by atoms with Crippen molar-refractivity contribution in [1.82, 2.24) is 0 Å². The van der Waals surface area contributed by atoms with Crippen LogP contribution in [0.1, 0.15) is 51.9 Å². The Kier molecular flexibility index (Phi) is 2.11. The summed E-state index contributed by atoms with van der Waals surface area (Å²) in [5, 5.41) is 0. The second kappa shape index (κ2) is 3.03. The molecule has 0 radical (unpaired) electrons. The first kappa shape index (κ1) is 12.6. The van der Waals surface area contributed by atoms with Crippen LogP contribution in [0, 0.1) is 22.2 Å². The van der Waals surface area contributed by atoms with Gasteiger partial charge in [0, 0.05) is 23.7 Å². The molecule has 2 bridgehead atoms. The van der Waals surface area contributed by atoms with Crippen molar-refractivity contribution >= 4 is 31.9 Å². The molecule has 18 heavy (non-hydrogen) atoms. The Balaban J connectivity index is 1.63. The lowest BCUT2D eigenvalue weighted by atomic mass is 9.55. The average Bonchev–Trinajstić information content (AvgIpc) is 2.79. The topological polar surface area (TPSA) is 0 Å². The molecule has 0 aromatic heterocycles. The number of halogens is 4. The molecule has 0 nitrogen and oxygen atoms in total. The fraction of sp³-hybridized carbons (Fsp3) is 1.00. The zero-order valence-corrected chi connectivity index (χ0v) is 13.7. The van der Waals surface area contributed by atoms with Gasteiger partial charge in [0.1, 0.15) is 0 Å². The first-order chi connectivity index (χ1) is 8.11. The summed E-state index contributed by atoms with van der Waals surface area (Å²) < 4.78 is 26.2. The van der Waals surface area contributed by atoms with Gasteiger partial charge in [0.2, 0.25) is 0 Å². The molecule has 0 N–H and O–H groups in total. The highest BCUT2D eigenvalue weighted by Gasteiger charge is 2.77. The Morgan fingerprint density at radius 3 is 1.50 bits per heavy atom. The molecular weight excluding hydrogens is 366 g/mol. The first-order valence-electron chi connectivity index (χ1n) is 6.87. The average molecular weight is 384 g/mol. The van der Waals surface area contributed by atoms with E-state index in [1.807, 2.05) is 0 Å². The lowest BCUT2D eigenvalue weighted by Gasteiger charge is -2.51. The zero-order valence-electron chi connectivity index (χ0n) is 10.5. The Hall–Kier alpha value is 0.820. The lowest BCUT2D eigenvalue weighted by molar-refractivity contribution is -0.0151. The van der Waals surface area contributed by atoms with Gasteiger partial charge in [0.05, 0.1) is 0 Å². The molecule has 4 unspecified atom stereocenters. The molecule has 4 fully saturated rings. The second-order valence-corrected chi connectivity index (χ2v) is 10.5. The van der Waals surface area contributed by atoms with Gasteiger partial charge in [-0.05, 0) is 75.3 Å². The minimum absolute atomic E-state index is 0.132. The highest BCUT2D eigenvalue weighted by atomic mass is 79.9. The maximum atomic E-state index is 14.2. The summed E-state index contributed by atoms with van der Waals surface area (Å²) in [6, 6.07) is 0. The Morgan fingerprint density at radius 1 is 0.833 bits per heavy atom. The number of hydrogen-bond donors (Lipinski definition) is 0. The molecule has 4 aliphatic carbocycles. The molecule has 4 aliphatic rings. The quantitative estimate of drug-likeness (QED) is 0.485. The van der Waals surface area contributed by atoms with Crippen LogP contribution in [0.15, 0.2) is 0 Å². The van der Waals surface area contributed by atoms with Crippen LogP contribution in [0.5, 0.6) is 0 Å². The van der Waals surface area contributed by atoms with E-state index in [0.29, 0.717) is 18.8 Å². The maximum Gasteiger partial charge on any atom is 0.171 e. The second-order valence-electron chi connectivity index (χ2n) is 7.97. The Bertz CT molecular complexity index is 400. The minimum Gasteiger partial charge on any atom is -0.231 e. The summed E-state index contributed by atoms with van der Waals surface area (Å²) in [6.45, 7) is 2.25. The van der Waals surface area contributed by atoms with Crippen LogP contribution in [0.2, 0.25) is 0 Å². The summed E-state index contributed by atoms with van der Waals surface area (Å²) in [7, 11) is 0. The SMILES string of the molecule is CC12CC(CC3(C1)CC3(F)Br)CC1(C2)CC1(F)Br. The van der Waals surface area contributed by atoms with E-state index in [2.05, 4.69) is 38.8 Å². The van der Waals surface area contributed by atoms with Gasteiger partial charge in [-0.25, -0.2) is 8.78 Å². The van der Waals surface area contributed by atoms with Gasteiger partial charge in [-0.2, -0.15) is 0 Å². The van der Waals surface area contributed by atoms with Crippen LogP contribution in [0.4, 0.5) is 8.78 Å². The number of hydrogen-bond acceptors (Lipinski definition) is 0. The minimum atomic E-state index is -1.13. The molecule has 4 heteroatoms. The van der Waals surface area contributed by atoms with E-state index >= 15 is 0 Å². The van der Waals surface area contributed by atoms with Crippen LogP contribution >= 0.6 is 31.9 Å². The van der Waals surface area contributed by atoms with Crippen molar-refractivity contribution in [2.24, 2.45) is 22.2 Å². The first-order valence-corrected chi connectivity index (χ1v) is 8.46. The zero-order chi connectivity index (χ0) is 13.0. The van der Waals surface area contributed by atoms with E-state index < -0.39 is 9.16 Å². The Labute approximate surface area is 124 Å². The van der Waals surface area contributed by atoms with Crippen LogP contribution < -0.4 is 0 Å². The fourth-order valence-electron chi connectivity index (χ4n) is 5.59. The van der Waals surface area contributed by atoms with E-state index in [4.69, 9.17) is 0 Å². The van der Waals surface area contributed by atoms with Gasteiger partial charge in [-0.1, -0.05) is 6.92 Å². The molecule has 0 amide bonds. The lowest BCUT2D eigenvalue weighted by Crippen LogP contribution is -2.42. The van der Waals surface area contributed by atoms with Gasteiger partial charge in [-0.15, -0.1) is 0 Å². The monoisotopic (exact) mass is 382 g/mol. The molecule has 4 atom stereocenters. The van der Waals surface area contributed by atoms with Gasteiger partial charge in [-0.3, -0.25) is 0 Å². The standard InChI is InChI=1S/C14H18Br2F2/c1-10-2-9(3-11(5-10)7-13(11,15)17)4-12(6-10)8-14(12,16)18/h9H,2-8H2,1H3. The van der Waals surface area contributed by atoms with Crippen molar-refractivity contribution in [1.29, 1.82) is 0 Å². The molecule has 0 saturated heterocycles.